The lowest BCUT2D eigenvalue weighted by atomic mass is 10.0. The SMILES string of the molecule is [C-]#[N+]c1c(C#N)c(-n2c3ccccc3c3c4c(ccc32)oc2ccccc24)c(-n2c3ccccc3c3ccccc32)c(-n2c3ccccc3c3ccccc32)c1-n1c2ccccc2c2c3c(ccc21)oc1ccccc13. The van der Waals surface area contributed by atoms with Gasteiger partial charge in [0.25, 0.3) is 0 Å². The molecule has 0 spiro atoms. The second-order valence-corrected chi connectivity index (χ2v) is 19.6. The molecule has 0 radical (unpaired) electrons. The summed E-state index contributed by atoms with van der Waals surface area (Å²) in [5.74, 6) is 0. The fraction of sp³-hybridized carbons (Fsp3) is 0. The van der Waals surface area contributed by atoms with Gasteiger partial charge in [-0.25, -0.2) is 4.85 Å². The molecule has 0 amide bonds. The maximum atomic E-state index is 12.4. The van der Waals surface area contributed by atoms with Crippen molar-refractivity contribution in [3.63, 3.8) is 0 Å². The maximum absolute atomic E-state index is 12.4. The average Bonchev–Trinajstić information content (AvgIpc) is 4.50. The van der Waals surface area contributed by atoms with Crippen molar-refractivity contribution >= 4 is 137 Å². The Kier molecular flexibility index (Phi) is 7.99. The summed E-state index contributed by atoms with van der Waals surface area (Å²) in [5.41, 5.74) is 13.6. The number of furan rings is 2. The van der Waals surface area contributed by atoms with Crippen LogP contribution in [-0.4, -0.2) is 18.3 Å². The van der Waals surface area contributed by atoms with Crippen LogP contribution in [0.5, 0.6) is 0 Å². The lowest BCUT2D eigenvalue weighted by Gasteiger charge is -2.28. The molecule has 8 nitrogen and oxygen atoms in total. The van der Waals surface area contributed by atoms with E-state index in [1.165, 1.54) is 0 Å². The van der Waals surface area contributed by atoms with E-state index in [1.807, 2.05) is 24.3 Å². The Morgan fingerprint density at radius 3 is 1.01 bits per heavy atom. The van der Waals surface area contributed by atoms with E-state index in [4.69, 9.17) is 8.83 Å². The van der Waals surface area contributed by atoms with Crippen molar-refractivity contribution < 1.29 is 8.83 Å². The topological polar surface area (TPSA) is 74.2 Å². The zero-order chi connectivity index (χ0) is 49.9. The van der Waals surface area contributed by atoms with E-state index in [-0.39, 0.29) is 11.3 Å². The van der Waals surface area contributed by atoms with E-state index >= 15 is 0 Å². The fourth-order valence-electron chi connectivity index (χ4n) is 13.1. The third-order valence-corrected chi connectivity index (χ3v) is 16.0. The molecule has 0 saturated carbocycles. The standard InChI is InChI=1S/C68H36N6O2/c1-70-64-47(38-69)65(73-52-30-14-6-22-43(52)60-54(73)34-36-58-62(60)45-24-8-16-32-56(45)75-58)67(71-48-26-10-2-18-39(48)40-19-3-11-27-49(40)71)68(72-50-28-12-4-20-41(50)42-21-5-13-29-51(42)72)66(64)74-53-31-15-7-23-44(53)61-55(74)35-37-59-63(61)46-25-9-17-33-57(46)76-59/h2-37H. The number of nitriles is 1. The molecule has 17 rings (SSSR count). The van der Waals surface area contributed by atoms with Gasteiger partial charge in [0, 0.05) is 64.6 Å². The van der Waals surface area contributed by atoms with Gasteiger partial charge in [0.15, 0.2) is 0 Å². The summed E-state index contributed by atoms with van der Waals surface area (Å²) in [6, 6.07) is 78.6. The van der Waals surface area contributed by atoms with Gasteiger partial charge in [-0.05, 0) is 72.8 Å². The zero-order valence-electron chi connectivity index (χ0n) is 40.3. The first-order valence-corrected chi connectivity index (χ1v) is 25.4. The molecular weight excluding hydrogens is 933 g/mol. The van der Waals surface area contributed by atoms with Crippen LogP contribution in [-0.2, 0) is 0 Å². The Bertz CT molecular complexity index is 5070. The fourth-order valence-corrected chi connectivity index (χ4v) is 13.1. The first kappa shape index (κ1) is 40.8. The Morgan fingerprint density at radius 1 is 0.303 bits per heavy atom. The molecule has 0 aliphatic rings. The third-order valence-electron chi connectivity index (χ3n) is 16.0. The van der Waals surface area contributed by atoms with Crippen molar-refractivity contribution in [1.82, 2.24) is 18.3 Å². The highest BCUT2D eigenvalue weighted by molar-refractivity contribution is 6.29. The Morgan fingerprint density at radius 2 is 0.618 bits per heavy atom. The number of fused-ring (bicyclic) bond motifs is 20. The molecular formula is C68H36N6O2. The molecule has 0 bridgehead atoms. The largest absolute Gasteiger partial charge is 0.456 e. The van der Waals surface area contributed by atoms with Crippen LogP contribution in [0.25, 0.3) is 159 Å². The average molecular weight is 969 g/mol. The molecule has 8 heteroatoms. The van der Waals surface area contributed by atoms with Crippen LogP contribution in [0.3, 0.4) is 0 Å². The highest BCUT2D eigenvalue weighted by Crippen LogP contribution is 2.53. The van der Waals surface area contributed by atoms with Crippen molar-refractivity contribution in [2.45, 2.75) is 0 Å². The van der Waals surface area contributed by atoms with Crippen LogP contribution < -0.4 is 0 Å². The predicted molar refractivity (Wildman–Crippen MR) is 309 cm³/mol. The van der Waals surface area contributed by atoms with E-state index in [0.717, 1.165) is 142 Å². The maximum Gasteiger partial charge on any atom is 0.232 e. The van der Waals surface area contributed by atoms with Crippen molar-refractivity contribution in [2.75, 3.05) is 0 Å². The molecule has 6 aromatic heterocycles. The molecule has 0 unspecified atom stereocenters. The lowest BCUT2D eigenvalue weighted by molar-refractivity contribution is 0.669. The van der Waals surface area contributed by atoms with Crippen molar-refractivity contribution in [2.24, 2.45) is 0 Å². The number of hydrogen-bond acceptors (Lipinski definition) is 3. The Balaban J connectivity index is 1.20. The van der Waals surface area contributed by atoms with Gasteiger partial charge in [-0.3, -0.25) is 0 Å². The van der Waals surface area contributed by atoms with Gasteiger partial charge in [0.2, 0.25) is 5.69 Å². The molecule has 76 heavy (non-hydrogen) atoms. The molecule has 350 valence electrons. The van der Waals surface area contributed by atoms with Crippen LogP contribution >= 0.6 is 0 Å². The van der Waals surface area contributed by atoms with E-state index in [1.54, 1.807) is 0 Å². The smallest absolute Gasteiger partial charge is 0.232 e. The summed E-state index contributed by atoms with van der Waals surface area (Å²) >= 11 is 0. The van der Waals surface area contributed by atoms with Crippen LogP contribution in [0, 0.1) is 17.9 Å². The Hall–Kier alpha value is -10.8. The monoisotopic (exact) mass is 968 g/mol. The molecule has 17 aromatic rings. The molecule has 0 atom stereocenters. The van der Waals surface area contributed by atoms with Gasteiger partial charge in [0.05, 0.1) is 85.1 Å². The summed E-state index contributed by atoms with van der Waals surface area (Å²) < 4.78 is 22.4. The molecule has 0 saturated heterocycles. The number of rotatable bonds is 4. The molecule has 6 heterocycles. The van der Waals surface area contributed by atoms with Crippen LogP contribution in [0.15, 0.2) is 227 Å². The van der Waals surface area contributed by atoms with E-state index in [2.05, 4.69) is 223 Å². The normalized spacial score (nSPS) is 12.2. The summed E-state index contributed by atoms with van der Waals surface area (Å²) in [4.78, 5) is 4.64. The van der Waals surface area contributed by atoms with Crippen LogP contribution in [0.2, 0.25) is 0 Å². The minimum absolute atomic E-state index is 0.222. The highest BCUT2D eigenvalue weighted by atomic mass is 16.3. The summed E-state index contributed by atoms with van der Waals surface area (Å²) in [6.45, 7) is 9.65. The number of nitrogens with zero attached hydrogens (tertiary/aromatic N) is 6. The molecule has 0 aliphatic carbocycles. The second kappa shape index (κ2) is 14.9. The summed E-state index contributed by atoms with van der Waals surface area (Å²) in [5, 5.41) is 24.6. The quantitative estimate of drug-likeness (QED) is 0.165. The van der Waals surface area contributed by atoms with Gasteiger partial charge in [-0.2, -0.15) is 5.26 Å². The molecule has 0 aliphatic heterocycles. The predicted octanol–water partition coefficient (Wildman–Crippen LogP) is 18.3. The van der Waals surface area contributed by atoms with Gasteiger partial charge in [-0.1, -0.05) is 146 Å². The lowest BCUT2D eigenvalue weighted by Crippen LogP contribution is -2.15. The number of para-hydroxylation sites is 8. The van der Waals surface area contributed by atoms with Gasteiger partial charge in [0.1, 0.15) is 22.3 Å². The van der Waals surface area contributed by atoms with Crippen molar-refractivity contribution in [1.29, 1.82) is 5.26 Å². The second-order valence-electron chi connectivity index (χ2n) is 19.6. The van der Waals surface area contributed by atoms with Gasteiger partial charge < -0.3 is 27.1 Å². The molecule has 11 aromatic carbocycles. The van der Waals surface area contributed by atoms with E-state index in [0.29, 0.717) is 11.4 Å². The number of benzene rings is 11. The van der Waals surface area contributed by atoms with Gasteiger partial charge in [-0.15, -0.1) is 0 Å². The number of hydrogen-bond donors (Lipinski definition) is 0. The summed E-state index contributed by atoms with van der Waals surface area (Å²) in [6.07, 6.45) is 0. The van der Waals surface area contributed by atoms with E-state index in [9.17, 15) is 11.8 Å². The van der Waals surface area contributed by atoms with E-state index < -0.39 is 0 Å². The van der Waals surface area contributed by atoms with Gasteiger partial charge >= 0.3 is 0 Å². The molecule has 0 fully saturated rings. The Labute approximate surface area is 431 Å². The molecule has 0 N–H and O–H groups in total. The third kappa shape index (κ3) is 5.09. The number of aromatic nitrogens is 4. The van der Waals surface area contributed by atoms with Crippen LogP contribution in [0.1, 0.15) is 5.56 Å². The first-order valence-electron chi connectivity index (χ1n) is 25.4. The minimum Gasteiger partial charge on any atom is -0.456 e. The zero-order valence-corrected chi connectivity index (χ0v) is 40.3. The van der Waals surface area contributed by atoms with Crippen molar-refractivity contribution in [3.05, 3.63) is 235 Å². The minimum atomic E-state index is 0.222. The first-order chi connectivity index (χ1) is 37.7. The summed E-state index contributed by atoms with van der Waals surface area (Å²) in [7, 11) is 0. The van der Waals surface area contributed by atoms with Crippen molar-refractivity contribution in [3.8, 4) is 28.8 Å². The highest BCUT2D eigenvalue weighted by Gasteiger charge is 2.35. The van der Waals surface area contributed by atoms with Crippen LogP contribution in [0.4, 0.5) is 5.69 Å².